The molecule has 1 aromatic rings. The number of benzene rings is 1. The normalized spacial score (nSPS) is 15.6. The minimum atomic E-state index is -0.893. The fourth-order valence-corrected chi connectivity index (χ4v) is 3.13. The number of amides is 2. The fourth-order valence-electron chi connectivity index (χ4n) is 2.76. The van der Waals surface area contributed by atoms with Crippen LogP contribution in [0, 0.1) is 0 Å². The maximum atomic E-state index is 12.4. The van der Waals surface area contributed by atoms with Gasteiger partial charge in [0, 0.05) is 49.2 Å². The summed E-state index contributed by atoms with van der Waals surface area (Å²) in [6.07, 6.45) is 1.95. The first-order chi connectivity index (χ1) is 12.8. The summed E-state index contributed by atoms with van der Waals surface area (Å²) in [6.45, 7) is 4.91. The zero-order valence-electron chi connectivity index (χ0n) is 15.6. The third kappa shape index (κ3) is 5.82. The quantitative estimate of drug-likeness (QED) is 0.519. The van der Waals surface area contributed by atoms with Crippen molar-refractivity contribution < 1.29 is 23.9 Å². The molecule has 0 aromatic heterocycles. The van der Waals surface area contributed by atoms with Crippen molar-refractivity contribution in [1.82, 2.24) is 9.80 Å². The van der Waals surface area contributed by atoms with Crippen LogP contribution in [0.4, 0.5) is 0 Å². The third-order valence-corrected chi connectivity index (χ3v) is 4.76. The molecule has 146 valence electrons. The van der Waals surface area contributed by atoms with Gasteiger partial charge in [0.25, 0.3) is 5.91 Å². The maximum absolute atomic E-state index is 12.4. The van der Waals surface area contributed by atoms with Crippen molar-refractivity contribution in [3.63, 3.8) is 0 Å². The van der Waals surface area contributed by atoms with E-state index in [1.54, 1.807) is 36.0 Å². The predicted molar refractivity (Wildman–Crippen MR) is 104 cm³/mol. The van der Waals surface area contributed by atoms with Gasteiger partial charge in [-0.15, -0.1) is 0 Å². The van der Waals surface area contributed by atoms with E-state index < -0.39 is 12.1 Å². The van der Waals surface area contributed by atoms with Crippen molar-refractivity contribution in [1.29, 1.82) is 0 Å². The van der Waals surface area contributed by atoms with Crippen molar-refractivity contribution in [3.05, 3.63) is 34.3 Å². The number of hydrogen-bond donors (Lipinski definition) is 0. The summed E-state index contributed by atoms with van der Waals surface area (Å²) in [7, 11) is 1.55. The van der Waals surface area contributed by atoms with Gasteiger partial charge in [0.1, 0.15) is 5.75 Å². The lowest BCUT2D eigenvalue weighted by Gasteiger charge is -2.35. The van der Waals surface area contributed by atoms with Crippen molar-refractivity contribution in [2.24, 2.45) is 0 Å². The molecular formula is C19H23BrN2O5. The number of hydrogen-bond acceptors (Lipinski definition) is 5. The summed E-state index contributed by atoms with van der Waals surface area (Å²) in [5.74, 6) is -0.260. The van der Waals surface area contributed by atoms with E-state index in [0.717, 1.165) is 4.47 Å². The van der Waals surface area contributed by atoms with Crippen LogP contribution in [0.5, 0.6) is 5.75 Å². The average molecular weight is 439 g/mol. The molecule has 0 radical (unpaired) electrons. The second-order valence-electron chi connectivity index (χ2n) is 6.13. The predicted octanol–water partition coefficient (Wildman–Crippen LogP) is 2.09. The maximum Gasteiger partial charge on any atom is 0.331 e. The fraction of sp³-hybridized carbons (Fsp3) is 0.421. The van der Waals surface area contributed by atoms with Crippen LogP contribution in [-0.2, 0) is 19.1 Å². The standard InChI is InChI=1S/C19H23BrN2O5/c1-13(19(25)22-10-8-21(9-11-22)14(2)23)27-18(24)7-4-15-12-16(20)5-6-17(15)26-3/h4-7,12-13H,8-11H2,1-3H3/b7-4+. The van der Waals surface area contributed by atoms with Gasteiger partial charge >= 0.3 is 5.97 Å². The van der Waals surface area contributed by atoms with E-state index in [0.29, 0.717) is 37.5 Å². The Kier molecular flexibility index (Phi) is 7.41. The molecule has 0 spiro atoms. The Morgan fingerprint density at radius 2 is 1.78 bits per heavy atom. The lowest BCUT2D eigenvalue weighted by atomic mass is 10.2. The van der Waals surface area contributed by atoms with Crippen molar-refractivity contribution in [3.8, 4) is 5.75 Å². The zero-order chi connectivity index (χ0) is 20.0. The van der Waals surface area contributed by atoms with E-state index in [9.17, 15) is 14.4 Å². The Bertz CT molecular complexity index is 742. The third-order valence-electron chi connectivity index (χ3n) is 4.27. The van der Waals surface area contributed by atoms with E-state index in [2.05, 4.69) is 15.9 Å². The highest BCUT2D eigenvalue weighted by Crippen LogP contribution is 2.24. The molecule has 0 saturated carbocycles. The number of esters is 1. The summed E-state index contributed by atoms with van der Waals surface area (Å²) < 4.78 is 11.3. The van der Waals surface area contributed by atoms with Gasteiger partial charge in [-0.3, -0.25) is 9.59 Å². The number of nitrogens with zero attached hydrogens (tertiary/aromatic N) is 2. The molecule has 1 aliphatic rings. The van der Waals surface area contributed by atoms with Gasteiger partial charge in [-0.25, -0.2) is 4.79 Å². The van der Waals surface area contributed by atoms with Crippen LogP contribution < -0.4 is 4.74 Å². The van der Waals surface area contributed by atoms with E-state index in [-0.39, 0.29) is 11.8 Å². The molecule has 1 unspecified atom stereocenters. The van der Waals surface area contributed by atoms with E-state index >= 15 is 0 Å². The van der Waals surface area contributed by atoms with Gasteiger partial charge in [-0.05, 0) is 31.2 Å². The molecule has 0 bridgehead atoms. The molecule has 2 rings (SSSR count). The smallest absolute Gasteiger partial charge is 0.331 e. The first-order valence-corrected chi connectivity index (χ1v) is 9.37. The molecule has 1 saturated heterocycles. The molecule has 1 aliphatic heterocycles. The highest BCUT2D eigenvalue weighted by atomic mass is 79.9. The molecule has 1 atom stereocenters. The van der Waals surface area contributed by atoms with Crippen LogP contribution in [0.2, 0.25) is 0 Å². The average Bonchev–Trinajstić information content (AvgIpc) is 2.65. The van der Waals surface area contributed by atoms with Crippen molar-refractivity contribution in [2.75, 3.05) is 33.3 Å². The molecule has 1 aromatic carbocycles. The Morgan fingerprint density at radius 1 is 1.15 bits per heavy atom. The lowest BCUT2D eigenvalue weighted by molar-refractivity contribution is -0.156. The highest BCUT2D eigenvalue weighted by Gasteiger charge is 2.27. The summed E-state index contributed by atoms with van der Waals surface area (Å²) in [5.41, 5.74) is 0.711. The number of rotatable bonds is 5. The van der Waals surface area contributed by atoms with Gasteiger partial charge in [-0.2, -0.15) is 0 Å². The summed E-state index contributed by atoms with van der Waals surface area (Å²) in [5, 5.41) is 0. The second-order valence-corrected chi connectivity index (χ2v) is 7.05. The monoisotopic (exact) mass is 438 g/mol. The SMILES string of the molecule is COc1ccc(Br)cc1/C=C/C(=O)OC(C)C(=O)N1CCN(C(C)=O)CC1. The first kappa shape index (κ1) is 21.0. The number of carbonyl (C=O) groups is 3. The molecule has 8 heteroatoms. The van der Waals surface area contributed by atoms with Crippen LogP contribution in [0.3, 0.4) is 0 Å². The Hall–Kier alpha value is -2.35. The molecule has 27 heavy (non-hydrogen) atoms. The number of carbonyl (C=O) groups excluding carboxylic acids is 3. The van der Waals surface area contributed by atoms with Crippen LogP contribution >= 0.6 is 15.9 Å². The Labute approximate surface area is 167 Å². The van der Waals surface area contributed by atoms with Gasteiger partial charge < -0.3 is 19.3 Å². The summed E-state index contributed by atoms with van der Waals surface area (Å²) in [6, 6.07) is 5.43. The molecule has 0 N–H and O–H groups in total. The Morgan fingerprint density at radius 3 is 2.37 bits per heavy atom. The van der Waals surface area contributed by atoms with Gasteiger partial charge in [0.2, 0.25) is 5.91 Å². The topological polar surface area (TPSA) is 76.2 Å². The minimum absolute atomic E-state index is 0.00492. The van der Waals surface area contributed by atoms with Crippen LogP contribution in [0.25, 0.3) is 6.08 Å². The Balaban J connectivity index is 1.91. The molecule has 1 fully saturated rings. The summed E-state index contributed by atoms with van der Waals surface area (Å²) in [4.78, 5) is 39.1. The molecule has 1 heterocycles. The number of piperazine rings is 1. The van der Waals surface area contributed by atoms with Crippen LogP contribution in [-0.4, -0.2) is 67.0 Å². The molecular weight excluding hydrogens is 416 g/mol. The van der Waals surface area contributed by atoms with E-state index in [1.807, 2.05) is 12.1 Å². The van der Waals surface area contributed by atoms with Crippen LogP contribution in [0.1, 0.15) is 19.4 Å². The minimum Gasteiger partial charge on any atom is -0.496 e. The van der Waals surface area contributed by atoms with Crippen molar-refractivity contribution >= 4 is 39.8 Å². The van der Waals surface area contributed by atoms with E-state index in [1.165, 1.54) is 13.0 Å². The number of halogens is 1. The largest absolute Gasteiger partial charge is 0.496 e. The van der Waals surface area contributed by atoms with Crippen molar-refractivity contribution in [2.45, 2.75) is 20.0 Å². The van der Waals surface area contributed by atoms with E-state index in [4.69, 9.17) is 9.47 Å². The molecule has 7 nitrogen and oxygen atoms in total. The first-order valence-electron chi connectivity index (χ1n) is 8.58. The number of ether oxygens (including phenoxy) is 2. The molecule has 2 amide bonds. The molecule has 0 aliphatic carbocycles. The summed E-state index contributed by atoms with van der Waals surface area (Å²) >= 11 is 3.37. The number of methoxy groups -OCH3 is 1. The highest BCUT2D eigenvalue weighted by molar-refractivity contribution is 9.10. The van der Waals surface area contributed by atoms with Gasteiger partial charge in [0.15, 0.2) is 6.10 Å². The van der Waals surface area contributed by atoms with Gasteiger partial charge in [0.05, 0.1) is 7.11 Å². The second kappa shape index (κ2) is 9.55. The van der Waals surface area contributed by atoms with Crippen LogP contribution in [0.15, 0.2) is 28.7 Å². The van der Waals surface area contributed by atoms with Gasteiger partial charge in [-0.1, -0.05) is 15.9 Å². The zero-order valence-corrected chi connectivity index (χ0v) is 17.2. The lowest BCUT2D eigenvalue weighted by Crippen LogP contribution is -2.52.